The molecular formula is C12H14O. The molecule has 0 radical (unpaired) electrons. The lowest BCUT2D eigenvalue weighted by atomic mass is 9.99. The van der Waals surface area contributed by atoms with Crippen LogP contribution in [0.3, 0.4) is 0 Å². The quantitative estimate of drug-likeness (QED) is 0.470. The molecule has 0 spiro atoms. The van der Waals surface area contributed by atoms with Crippen molar-refractivity contribution in [2.45, 2.75) is 19.4 Å². The number of hydrogen-bond donors (Lipinski definition) is 0. The summed E-state index contributed by atoms with van der Waals surface area (Å²) in [7, 11) is 0. The molecule has 0 aliphatic heterocycles. The van der Waals surface area contributed by atoms with E-state index in [1.165, 1.54) is 12.0 Å². The first-order valence-corrected chi connectivity index (χ1v) is 4.76. The Kier molecular flexibility index (Phi) is 2.24. The van der Waals surface area contributed by atoms with Gasteiger partial charge in [0.05, 0.1) is 6.10 Å². The maximum Gasteiger partial charge on any atom is 0.108 e. The van der Waals surface area contributed by atoms with Gasteiger partial charge in [0.1, 0.15) is 6.61 Å². The highest BCUT2D eigenvalue weighted by molar-refractivity contribution is 5.32. The monoisotopic (exact) mass is 174 g/mol. The summed E-state index contributed by atoms with van der Waals surface area (Å²) in [6.07, 6.45) is 13.5. The number of rotatable bonds is 3. The Balaban J connectivity index is 1.96. The maximum absolute atomic E-state index is 5.49. The van der Waals surface area contributed by atoms with Gasteiger partial charge in [0.15, 0.2) is 0 Å². The minimum Gasteiger partial charge on any atom is -0.361 e. The second-order valence-corrected chi connectivity index (χ2v) is 3.71. The third-order valence-corrected chi connectivity index (χ3v) is 2.84. The van der Waals surface area contributed by atoms with Crippen LogP contribution in [0.25, 0.3) is 0 Å². The highest BCUT2D eigenvalue weighted by atomic mass is 16.5. The highest BCUT2D eigenvalue weighted by Crippen LogP contribution is 2.40. The van der Waals surface area contributed by atoms with E-state index in [1.807, 2.05) is 0 Å². The minimum absolute atomic E-state index is 0.191. The van der Waals surface area contributed by atoms with Crippen molar-refractivity contribution in [1.29, 1.82) is 0 Å². The van der Waals surface area contributed by atoms with Gasteiger partial charge in [0, 0.05) is 5.92 Å². The van der Waals surface area contributed by atoms with Crippen LogP contribution < -0.4 is 0 Å². The summed E-state index contributed by atoms with van der Waals surface area (Å²) in [4.78, 5) is 0. The lowest BCUT2D eigenvalue weighted by Gasteiger charge is -2.17. The van der Waals surface area contributed by atoms with Crippen molar-refractivity contribution in [1.82, 2.24) is 0 Å². The van der Waals surface area contributed by atoms with Gasteiger partial charge in [0.25, 0.3) is 0 Å². The molecule has 13 heavy (non-hydrogen) atoms. The predicted octanol–water partition coefficient (Wildman–Crippen LogP) is 2.16. The summed E-state index contributed by atoms with van der Waals surface area (Å²) in [5.41, 5.74) is 1.42. The van der Waals surface area contributed by atoms with Gasteiger partial charge in [-0.15, -0.1) is 6.42 Å². The second kappa shape index (κ2) is 3.40. The number of allylic oxidation sites excluding steroid dienone is 3. The number of fused-ring (bicyclic) bond motifs is 2. The van der Waals surface area contributed by atoms with E-state index in [9.17, 15) is 0 Å². The van der Waals surface area contributed by atoms with Crippen molar-refractivity contribution in [3.05, 3.63) is 23.8 Å². The number of terminal acetylenes is 1. The van der Waals surface area contributed by atoms with Gasteiger partial charge in [-0.1, -0.05) is 24.1 Å². The molecule has 0 N–H and O–H groups in total. The molecule has 0 heterocycles. The zero-order valence-electron chi connectivity index (χ0n) is 7.86. The summed E-state index contributed by atoms with van der Waals surface area (Å²) < 4.78 is 5.49. The fourth-order valence-corrected chi connectivity index (χ4v) is 2.18. The van der Waals surface area contributed by atoms with Gasteiger partial charge in [-0.3, -0.25) is 0 Å². The van der Waals surface area contributed by atoms with Crippen molar-refractivity contribution in [3.8, 4) is 12.3 Å². The topological polar surface area (TPSA) is 9.23 Å². The van der Waals surface area contributed by atoms with Gasteiger partial charge >= 0.3 is 0 Å². The fourth-order valence-electron chi connectivity index (χ4n) is 2.18. The van der Waals surface area contributed by atoms with Gasteiger partial charge in [-0.05, 0) is 24.8 Å². The van der Waals surface area contributed by atoms with Crippen molar-refractivity contribution in [2.24, 2.45) is 11.8 Å². The highest BCUT2D eigenvalue weighted by Gasteiger charge is 2.30. The molecule has 2 rings (SSSR count). The third kappa shape index (κ3) is 1.55. The maximum atomic E-state index is 5.49. The Bertz CT molecular complexity index is 293. The van der Waals surface area contributed by atoms with E-state index in [4.69, 9.17) is 11.2 Å². The molecule has 68 valence electrons. The van der Waals surface area contributed by atoms with Crippen molar-refractivity contribution < 1.29 is 4.74 Å². The van der Waals surface area contributed by atoms with Crippen LogP contribution in [0.5, 0.6) is 0 Å². The van der Waals surface area contributed by atoms with E-state index in [-0.39, 0.29) is 6.10 Å². The molecule has 0 amide bonds. The molecule has 0 aromatic rings. The van der Waals surface area contributed by atoms with Gasteiger partial charge in [-0.25, -0.2) is 0 Å². The second-order valence-electron chi connectivity index (χ2n) is 3.71. The normalized spacial score (nSPS) is 31.5. The zero-order valence-corrected chi connectivity index (χ0v) is 7.86. The van der Waals surface area contributed by atoms with Crippen LogP contribution in [0, 0.1) is 24.2 Å². The largest absolute Gasteiger partial charge is 0.361 e. The Labute approximate surface area is 79.5 Å². The van der Waals surface area contributed by atoms with Crippen molar-refractivity contribution >= 4 is 0 Å². The van der Waals surface area contributed by atoms with Crippen LogP contribution in [0.4, 0.5) is 0 Å². The lowest BCUT2D eigenvalue weighted by molar-refractivity contribution is 0.114. The van der Waals surface area contributed by atoms with E-state index >= 15 is 0 Å². The van der Waals surface area contributed by atoms with Gasteiger partial charge in [-0.2, -0.15) is 0 Å². The van der Waals surface area contributed by atoms with Gasteiger partial charge in [0.2, 0.25) is 0 Å². The average Bonchev–Trinajstić information content (AvgIpc) is 2.74. The predicted molar refractivity (Wildman–Crippen MR) is 53.1 cm³/mol. The van der Waals surface area contributed by atoms with E-state index in [0.717, 1.165) is 0 Å². The molecule has 0 aromatic heterocycles. The van der Waals surface area contributed by atoms with Crippen LogP contribution in [-0.2, 0) is 4.74 Å². The lowest BCUT2D eigenvalue weighted by Crippen LogP contribution is -2.15. The Hall–Kier alpha value is -1.00. The van der Waals surface area contributed by atoms with E-state index in [0.29, 0.717) is 18.4 Å². The standard InChI is InChI=1S/C12H14O/c1-3-6-13-9(2)12-8-10-4-5-11(12)7-10/h1,4-5,8-11H,6-7H2,2H3. The number of ether oxygens (including phenoxy) is 1. The zero-order chi connectivity index (χ0) is 9.26. The average molecular weight is 174 g/mol. The first-order chi connectivity index (χ1) is 6.31. The SMILES string of the molecule is C#CCOC(C)C1=CC2C=CC1C2. The van der Waals surface area contributed by atoms with Crippen LogP contribution >= 0.6 is 0 Å². The summed E-state index contributed by atoms with van der Waals surface area (Å²) >= 11 is 0. The molecule has 2 aliphatic rings. The Morgan fingerprint density at radius 1 is 1.69 bits per heavy atom. The Morgan fingerprint density at radius 3 is 3.08 bits per heavy atom. The molecule has 0 aromatic carbocycles. The molecule has 1 nitrogen and oxygen atoms in total. The van der Waals surface area contributed by atoms with Crippen LogP contribution in [-0.4, -0.2) is 12.7 Å². The fraction of sp³-hybridized carbons (Fsp3) is 0.500. The summed E-state index contributed by atoms with van der Waals surface area (Å²) in [5.74, 6) is 3.79. The van der Waals surface area contributed by atoms with Crippen LogP contribution in [0.1, 0.15) is 13.3 Å². The molecule has 3 atom stereocenters. The molecule has 0 fully saturated rings. The van der Waals surface area contributed by atoms with Crippen molar-refractivity contribution in [2.75, 3.05) is 6.61 Å². The summed E-state index contributed by atoms with van der Waals surface area (Å²) in [6.45, 7) is 2.50. The molecule has 0 saturated carbocycles. The smallest absolute Gasteiger partial charge is 0.108 e. The first kappa shape index (κ1) is 8.59. The van der Waals surface area contributed by atoms with E-state index < -0.39 is 0 Å². The minimum atomic E-state index is 0.191. The Morgan fingerprint density at radius 2 is 2.54 bits per heavy atom. The molecular weight excluding hydrogens is 160 g/mol. The van der Waals surface area contributed by atoms with Gasteiger partial charge < -0.3 is 4.74 Å². The van der Waals surface area contributed by atoms with E-state index in [2.05, 4.69) is 31.1 Å². The summed E-state index contributed by atoms with van der Waals surface area (Å²) in [6, 6.07) is 0. The first-order valence-electron chi connectivity index (χ1n) is 4.76. The summed E-state index contributed by atoms with van der Waals surface area (Å²) in [5, 5.41) is 0. The third-order valence-electron chi connectivity index (χ3n) is 2.84. The number of hydrogen-bond acceptors (Lipinski definition) is 1. The van der Waals surface area contributed by atoms with Crippen LogP contribution in [0.2, 0.25) is 0 Å². The molecule has 0 saturated heterocycles. The molecule has 2 bridgehead atoms. The molecule has 2 aliphatic carbocycles. The molecule has 3 unspecified atom stereocenters. The molecule has 1 heteroatoms. The van der Waals surface area contributed by atoms with Crippen molar-refractivity contribution in [3.63, 3.8) is 0 Å². The van der Waals surface area contributed by atoms with Crippen LogP contribution in [0.15, 0.2) is 23.8 Å². The van der Waals surface area contributed by atoms with E-state index in [1.54, 1.807) is 0 Å².